The van der Waals surface area contributed by atoms with Crippen LogP contribution >= 0.6 is 0 Å². The maximum atomic E-state index is 2.61. The van der Waals surface area contributed by atoms with Crippen LogP contribution in [-0.4, -0.2) is 21.8 Å². The fourth-order valence-corrected chi connectivity index (χ4v) is 16.9. The fourth-order valence-electron chi connectivity index (χ4n) is 11.9. The first-order valence-corrected chi connectivity index (χ1v) is 26.2. The molecule has 3 aromatic heterocycles. The van der Waals surface area contributed by atoms with Gasteiger partial charge in [0.25, 0.3) is 0 Å². The van der Waals surface area contributed by atoms with Crippen LogP contribution in [0.15, 0.2) is 273 Å². The van der Waals surface area contributed by atoms with Crippen molar-refractivity contribution in [2.75, 3.05) is 0 Å². The Hall–Kier alpha value is -8.96. The molecule has 14 aromatic rings. The van der Waals surface area contributed by atoms with Crippen molar-refractivity contribution in [2.24, 2.45) is 0 Å². The highest BCUT2D eigenvalue weighted by atomic mass is 28.3. The van der Waals surface area contributed by atoms with Gasteiger partial charge in [0.2, 0.25) is 0 Å². The third-order valence-corrected chi connectivity index (χ3v) is 19.6. The molecular formula is C66H45N3Si. The van der Waals surface area contributed by atoms with E-state index in [0.29, 0.717) is 0 Å². The Morgan fingerprint density at radius 3 is 1.26 bits per heavy atom. The minimum Gasteiger partial charge on any atom is -0.309 e. The Balaban J connectivity index is 1.15. The maximum Gasteiger partial charge on any atom is 0.181 e. The van der Waals surface area contributed by atoms with E-state index in [4.69, 9.17) is 0 Å². The normalized spacial score (nSPS) is 12.0. The average molecular weight is 908 g/mol. The minimum absolute atomic E-state index is 1.11. The highest BCUT2D eigenvalue weighted by Crippen LogP contribution is 2.42. The van der Waals surface area contributed by atoms with Crippen molar-refractivity contribution in [1.29, 1.82) is 0 Å². The summed E-state index contributed by atoms with van der Waals surface area (Å²) in [6.45, 7) is 0. The quantitative estimate of drug-likeness (QED) is 0.107. The van der Waals surface area contributed by atoms with Gasteiger partial charge in [-0.1, -0.05) is 224 Å². The van der Waals surface area contributed by atoms with Gasteiger partial charge in [-0.3, -0.25) is 0 Å². The summed E-state index contributed by atoms with van der Waals surface area (Å²) >= 11 is 0. The lowest BCUT2D eigenvalue weighted by molar-refractivity contribution is 1.15. The molecule has 0 fully saturated rings. The van der Waals surface area contributed by atoms with Gasteiger partial charge in [-0.15, -0.1) is 0 Å². The first kappa shape index (κ1) is 40.1. The molecule has 0 aliphatic heterocycles. The van der Waals surface area contributed by atoms with Gasteiger partial charge in [-0.05, 0) is 74.8 Å². The van der Waals surface area contributed by atoms with E-state index in [9.17, 15) is 0 Å². The summed E-state index contributed by atoms with van der Waals surface area (Å²) in [5, 5.41) is 12.7. The summed E-state index contributed by atoms with van der Waals surface area (Å²) in [4.78, 5) is 0. The van der Waals surface area contributed by atoms with Crippen LogP contribution in [0.2, 0.25) is 0 Å². The summed E-state index contributed by atoms with van der Waals surface area (Å²) in [6.07, 6.45) is 0. The van der Waals surface area contributed by atoms with Crippen LogP contribution in [0, 0.1) is 0 Å². The predicted octanol–water partition coefficient (Wildman–Crippen LogP) is 14.0. The van der Waals surface area contributed by atoms with Crippen molar-refractivity contribution in [2.45, 2.75) is 0 Å². The van der Waals surface area contributed by atoms with Gasteiger partial charge in [0, 0.05) is 43.6 Å². The second-order valence-electron chi connectivity index (χ2n) is 18.4. The van der Waals surface area contributed by atoms with Crippen molar-refractivity contribution in [3.8, 4) is 28.2 Å². The van der Waals surface area contributed by atoms with E-state index in [1.54, 1.807) is 0 Å². The number of nitrogens with zero attached hydrogens (tertiary/aromatic N) is 3. The third kappa shape index (κ3) is 5.87. The Morgan fingerprint density at radius 1 is 0.271 bits per heavy atom. The Bertz CT molecular complexity index is 4130. The van der Waals surface area contributed by atoms with E-state index in [1.807, 2.05) is 0 Å². The second-order valence-corrected chi connectivity index (χ2v) is 22.1. The number of hydrogen-bond acceptors (Lipinski definition) is 0. The molecule has 0 saturated heterocycles. The molecule has 4 heteroatoms. The highest BCUT2D eigenvalue weighted by molar-refractivity contribution is 7.20. The van der Waals surface area contributed by atoms with E-state index in [-0.39, 0.29) is 0 Å². The lowest BCUT2D eigenvalue weighted by Crippen LogP contribution is -2.75. The van der Waals surface area contributed by atoms with Crippen LogP contribution < -0.4 is 20.7 Å². The molecule has 0 N–H and O–H groups in total. The zero-order chi connectivity index (χ0) is 46.2. The zero-order valence-corrected chi connectivity index (χ0v) is 39.3. The first-order valence-electron chi connectivity index (χ1n) is 24.2. The molecule has 0 amide bonds. The molecule has 0 radical (unpaired) electrons. The SMILES string of the molecule is c1ccc(-c2ccccc2-n2c3ccccc3c3ccc(-n4c5ccccc5c5c(-n6c7ccccc7c7ccccc76)c([Si](c6ccccc6)(c6ccccc6)c6ccccc6)ccc54)cc32)cc1. The van der Waals surface area contributed by atoms with E-state index in [0.717, 1.165) is 27.9 Å². The molecule has 328 valence electrons. The maximum absolute atomic E-state index is 3.12. The standard InChI is InChI=1S/C66H45N3Si/c1-5-23-46(24-6-1)51-31-13-18-36-57(51)68-58-37-19-14-34-54(58)55-42-41-47(45-63(55)68)67-61-40-22-17-35-56(61)65-62(67)43-44-64(66(65)69-59-38-20-15-32-52(59)53-33-16-21-39-60(53)69)70(48-25-7-2-8-26-48,49-27-9-3-10-28-49)50-29-11-4-12-30-50/h1-45H. The first-order chi connectivity index (χ1) is 34.8. The summed E-state index contributed by atoms with van der Waals surface area (Å²) in [6, 6.07) is 102. The van der Waals surface area contributed by atoms with E-state index < -0.39 is 8.07 Å². The van der Waals surface area contributed by atoms with Crippen LogP contribution in [0.3, 0.4) is 0 Å². The topological polar surface area (TPSA) is 14.8 Å². The van der Waals surface area contributed by atoms with Crippen LogP contribution in [0.1, 0.15) is 0 Å². The summed E-state index contributed by atoms with van der Waals surface area (Å²) in [7, 11) is -3.12. The van der Waals surface area contributed by atoms with Crippen LogP contribution in [0.25, 0.3) is 93.6 Å². The number of aromatic nitrogens is 3. The number of benzene rings is 11. The van der Waals surface area contributed by atoms with E-state index in [1.165, 1.54) is 86.4 Å². The average Bonchev–Trinajstić information content (AvgIpc) is 4.08. The van der Waals surface area contributed by atoms with Crippen molar-refractivity contribution in [3.05, 3.63) is 273 Å². The summed E-state index contributed by atoms with van der Waals surface area (Å²) < 4.78 is 7.61. The molecule has 0 saturated carbocycles. The van der Waals surface area contributed by atoms with E-state index >= 15 is 0 Å². The molecule has 3 heterocycles. The number of para-hydroxylation sites is 5. The molecule has 70 heavy (non-hydrogen) atoms. The molecular weight excluding hydrogens is 863 g/mol. The molecule has 3 nitrogen and oxygen atoms in total. The molecule has 0 atom stereocenters. The summed E-state index contributed by atoms with van der Waals surface area (Å²) in [5.41, 5.74) is 12.9. The van der Waals surface area contributed by atoms with Gasteiger partial charge in [0.1, 0.15) is 0 Å². The van der Waals surface area contributed by atoms with Crippen LogP contribution in [0.5, 0.6) is 0 Å². The Kier molecular flexibility index (Phi) is 9.23. The van der Waals surface area contributed by atoms with Crippen LogP contribution in [-0.2, 0) is 0 Å². The van der Waals surface area contributed by atoms with Gasteiger partial charge in [-0.2, -0.15) is 0 Å². The molecule has 0 spiro atoms. The molecule has 11 aromatic carbocycles. The molecule has 0 bridgehead atoms. The van der Waals surface area contributed by atoms with Gasteiger partial charge in [-0.25, -0.2) is 0 Å². The van der Waals surface area contributed by atoms with Gasteiger partial charge in [0.15, 0.2) is 8.07 Å². The monoisotopic (exact) mass is 907 g/mol. The van der Waals surface area contributed by atoms with Crippen LogP contribution in [0.4, 0.5) is 0 Å². The molecule has 0 aliphatic rings. The number of hydrogen-bond donors (Lipinski definition) is 0. The molecule has 14 rings (SSSR count). The van der Waals surface area contributed by atoms with Crippen molar-refractivity contribution in [3.63, 3.8) is 0 Å². The smallest absolute Gasteiger partial charge is 0.181 e. The highest BCUT2D eigenvalue weighted by Gasteiger charge is 2.44. The zero-order valence-electron chi connectivity index (χ0n) is 38.3. The summed E-state index contributed by atoms with van der Waals surface area (Å²) in [5.74, 6) is 0. The Labute approximate surface area is 407 Å². The lowest BCUT2D eigenvalue weighted by Gasteiger charge is -2.36. The van der Waals surface area contributed by atoms with Gasteiger partial charge in [0.05, 0.1) is 44.5 Å². The molecule has 0 aliphatic carbocycles. The fraction of sp³-hybridized carbons (Fsp3) is 0. The predicted molar refractivity (Wildman–Crippen MR) is 299 cm³/mol. The number of rotatable bonds is 8. The van der Waals surface area contributed by atoms with E-state index in [2.05, 4.69) is 287 Å². The lowest BCUT2D eigenvalue weighted by atomic mass is 10.0. The minimum atomic E-state index is -3.12. The van der Waals surface area contributed by atoms with Gasteiger partial charge >= 0.3 is 0 Å². The molecule has 0 unspecified atom stereocenters. The number of fused-ring (bicyclic) bond motifs is 9. The second kappa shape index (κ2) is 16.1. The van der Waals surface area contributed by atoms with Crippen molar-refractivity contribution < 1.29 is 0 Å². The third-order valence-electron chi connectivity index (χ3n) is 14.8. The Morgan fingerprint density at radius 2 is 0.700 bits per heavy atom. The largest absolute Gasteiger partial charge is 0.309 e. The van der Waals surface area contributed by atoms with Crippen molar-refractivity contribution >= 4 is 94.2 Å². The van der Waals surface area contributed by atoms with Crippen molar-refractivity contribution in [1.82, 2.24) is 13.7 Å². The van der Waals surface area contributed by atoms with Gasteiger partial charge < -0.3 is 13.7 Å².